The van der Waals surface area contributed by atoms with Crippen LogP contribution in [0.1, 0.15) is 121 Å². The van der Waals surface area contributed by atoms with Crippen molar-refractivity contribution in [1.29, 1.82) is 0 Å². The standard InChI is InChI=1S/C54H66N4O2/c1-35(2)45-29-37(30-46(50(45)59)52(4,5)6)33-58(34-38-31-47(53(7,8)9)51(60)48(32-38)54(10,11)12)44-25-22-42(23-26-44)55-40-18-20-41(21-19-40)56-43-24-27-49(36(3)28-43)57-39-16-14-13-15-17-39/h13-32,35,55-57,59-60H,33-34H2,1-12H3. The topological polar surface area (TPSA) is 79.8 Å². The molecule has 0 saturated carbocycles. The summed E-state index contributed by atoms with van der Waals surface area (Å²) in [7, 11) is 0. The Morgan fingerprint density at radius 3 is 1.37 bits per heavy atom. The van der Waals surface area contributed by atoms with Gasteiger partial charge < -0.3 is 31.1 Å². The monoisotopic (exact) mass is 803 g/mol. The molecule has 6 aromatic carbocycles. The first-order valence-electron chi connectivity index (χ1n) is 21.3. The number of aromatic hydroxyl groups is 2. The van der Waals surface area contributed by atoms with E-state index < -0.39 is 0 Å². The predicted molar refractivity (Wildman–Crippen MR) is 257 cm³/mol. The highest BCUT2D eigenvalue weighted by Gasteiger charge is 2.28. The fourth-order valence-corrected chi connectivity index (χ4v) is 7.71. The van der Waals surface area contributed by atoms with Crippen molar-refractivity contribution in [3.63, 3.8) is 0 Å². The van der Waals surface area contributed by atoms with E-state index in [9.17, 15) is 10.2 Å². The molecule has 0 bridgehead atoms. The lowest BCUT2D eigenvalue weighted by Crippen LogP contribution is -2.24. The van der Waals surface area contributed by atoms with Gasteiger partial charge in [0.05, 0.1) is 0 Å². The van der Waals surface area contributed by atoms with Crippen LogP contribution in [-0.2, 0) is 29.3 Å². The maximum absolute atomic E-state index is 11.5. The minimum absolute atomic E-state index is 0.175. The molecule has 6 rings (SSSR count). The Kier molecular flexibility index (Phi) is 12.7. The van der Waals surface area contributed by atoms with Gasteiger partial charge in [0, 0.05) is 52.9 Å². The molecule has 0 radical (unpaired) electrons. The van der Waals surface area contributed by atoms with Crippen molar-refractivity contribution < 1.29 is 10.2 Å². The molecule has 0 unspecified atom stereocenters. The summed E-state index contributed by atoms with van der Waals surface area (Å²) in [4.78, 5) is 2.41. The van der Waals surface area contributed by atoms with Gasteiger partial charge in [-0.25, -0.2) is 0 Å². The van der Waals surface area contributed by atoms with Gasteiger partial charge >= 0.3 is 0 Å². The molecular weight excluding hydrogens is 737 g/mol. The Morgan fingerprint density at radius 1 is 0.483 bits per heavy atom. The molecule has 0 atom stereocenters. The van der Waals surface area contributed by atoms with Gasteiger partial charge in [-0.3, -0.25) is 0 Å². The van der Waals surface area contributed by atoms with E-state index in [1.165, 1.54) is 0 Å². The second kappa shape index (κ2) is 17.4. The summed E-state index contributed by atoms with van der Waals surface area (Å²) in [6, 6.07) is 42.3. The molecule has 0 spiro atoms. The highest BCUT2D eigenvalue weighted by Crippen LogP contribution is 2.42. The average molecular weight is 803 g/mol. The molecule has 314 valence electrons. The normalized spacial score (nSPS) is 12.1. The third-order valence-electron chi connectivity index (χ3n) is 11.1. The number of hydrogen-bond donors (Lipinski definition) is 5. The Hall–Kier alpha value is -5.88. The smallest absolute Gasteiger partial charge is 0.123 e. The van der Waals surface area contributed by atoms with Crippen molar-refractivity contribution >= 4 is 39.8 Å². The van der Waals surface area contributed by atoms with Crippen molar-refractivity contribution in [2.75, 3.05) is 20.9 Å². The minimum Gasteiger partial charge on any atom is -0.507 e. The SMILES string of the molecule is Cc1cc(Nc2ccc(Nc3ccc(N(Cc4cc(C(C)C)c(O)c(C(C)(C)C)c4)Cc4cc(C(C)(C)C)c(O)c(C(C)(C)C)c4)cc3)cc2)ccc1Nc1ccccc1. The number of nitrogens with one attached hydrogen (secondary N) is 3. The molecule has 0 aliphatic rings. The molecule has 5 N–H and O–H groups in total. The fraction of sp³-hybridized carbons (Fsp3) is 0.333. The zero-order chi connectivity index (χ0) is 43.6. The summed E-state index contributed by atoms with van der Waals surface area (Å²) in [5.74, 6) is 0.963. The lowest BCUT2D eigenvalue weighted by Gasteiger charge is -2.31. The Balaban J connectivity index is 1.25. The maximum atomic E-state index is 11.5. The molecule has 0 saturated heterocycles. The minimum atomic E-state index is -0.234. The zero-order valence-electron chi connectivity index (χ0n) is 37.9. The van der Waals surface area contributed by atoms with Gasteiger partial charge in [-0.05, 0) is 165 Å². The van der Waals surface area contributed by atoms with Crippen molar-refractivity contribution in [2.45, 2.75) is 118 Å². The number of phenols is 2. The zero-order valence-corrected chi connectivity index (χ0v) is 37.9. The van der Waals surface area contributed by atoms with Crippen LogP contribution in [0.15, 0.2) is 121 Å². The van der Waals surface area contributed by atoms with Crippen LogP contribution in [0.3, 0.4) is 0 Å². The van der Waals surface area contributed by atoms with Gasteiger partial charge in [0.1, 0.15) is 11.5 Å². The Bertz CT molecular complexity index is 2360. The molecule has 6 aromatic rings. The van der Waals surface area contributed by atoms with Crippen molar-refractivity contribution in [3.8, 4) is 11.5 Å². The number of hydrogen-bond acceptors (Lipinski definition) is 6. The van der Waals surface area contributed by atoms with Crippen molar-refractivity contribution in [2.24, 2.45) is 0 Å². The summed E-state index contributed by atoms with van der Waals surface area (Å²) in [5, 5.41) is 33.6. The quantitative estimate of drug-likeness (QED) is 0.0848. The molecule has 0 amide bonds. The molecular formula is C54H66N4O2. The van der Waals surface area contributed by atoms with Crippen LogP contribution < -0.4 is 20.9 Å². The summed E-state index contributed by atoms with van der Waals surface area (Å²) >= 11 is 0. The maximum Gasteiger partial charge on any atom is 0.123 e. The number of benzene rings is 6. The Labute approximate surface area is 359 Å². The van der Waals surface area contributed by atoms with Crippen molar-refractivity contribution in [1.82, 2.24) is 0 Å². The molecule has 0 aliphatic heterocycles. The lowest BCUT2D eigenvalue weighted by molar-refractivity contribution is 0.422. The number of para-hydroxylation sites is 1. The summed E-state index contributed by atoms with van der Waals surface area (Å²) in [6.45, 7) is 27.1. The first kappa shape index (κ1) is 43.7. The largest absolute Gasteiger partial charge is 0.507 e. The summed E-state index contributed by atoms with van der Waals surface area (Å²) < 4.78 is 0. The van der Waals surface area contributed by atoms with Crippen LogP contribution in [0.25, 0.3) is 0 Å². The van der Waals surface area contributed by atoms with E-state index in [1.54, 1.807) is 0 Å². The Morgan fingerprint density at radius 2 is 0.900 bits per heavy atom. The third-order valence-corrected chi connectivity index (χ3v) is 11.1. The van der Waals surface area contributed by atoms with E-state index in [-0.39, 0.29) is 22.2 Å². The summed E-state index contributed by atoms with van der Waals surface area (Å²) in [5.41, 5.74) is 13.9. The first-order valence-corrected chi connectivity index (χ1v) is 21.3. The van der Waals surface area contributed by atoms with Crippen molar-refractivity contribution in [3.05, 3.63) is 160 Å². The van der Waals surface area contributed by atoms with Crippen LogP contribution in [0.4, 0.5) is 39.8 Å². The van der Waals surface area contributed by atoms with Crippen LogP contribution >= 0.6 is 0 Å². The lowest BCUT2D eigenvalue weighted by atomic mass is 9.78. The van der Waals surface area contributed by atoms with Gasteiger partial charge in [0.2, 0.25) is 0 Å². The summed E-state index contributed by atoms with van der Waals surface area (Å²) in [6.07, 6.45) is 0. The van der Waals surface area contributed by atoms with Crippen LogP contribution in [0, 0.1) is 6.92 Å². The van der Waals surface area contributed by atoms with E-state index in [2.05, 4.69) is 207 Å². The number of phenolic OH excluding ortho intramolecular Hbond substituents is 2. The number of rotatable bonds is 12. The van der Waals surface area contributed by atoms with E-state index in [4.69, 9.17) is 0 Å². The first-order chi connectivity index (χ1) is 28.2. The average Bonchev–Trinajstić information content (AvgIpc) is 3.17. The van der Waals surface area contributed by atoms with Crippen LogP contribution in [0.5, 0.6) is 11.5 Å². The van der Waals surface area contributed by atoms with Gasteiger partial charge in [0.25, 0.3) is 0 Å². The van der Waals surface area contributed by atoms with Gasteiger partial charge in [-0.15, -0.1) is 0 Å². The second-order valence-electron chi connectivity index (χ2n) is 19.8. The number of anilines is 7. The highest BCUT2D eigenvalue weighted by atomic mass is 16.3. The van der Waals surface area contributed by atoms with Gasteiger partial charge in [-0.1, -0.05) is 100 Å². The molecule has 0 aliphatic carbocycles. The fourth-order valence-electron chi connectivity index (χ4n) is 7.71. The molecule has 0 fully saturated rings. The molecule has 60 heavy (non-hydrogen) atoms. The van der Waals surface area contributed by atoms with Crippen LogP contribution in [0.2, 0.25) is 0 Å². The number of aryl methyl sites for hydroxylation is 1. The molecule has 0 heterocycles. The predicted octanol–water partition coefficient (Wildman–Crippen LogP) is 14.9. The van der Waals surface area contributed by atoms with Crippen LogP contribution in [-0.4, -0.2) is 10.2 Å². The second-order valence-corrected chi connectivity index (χ2v) is 19.8. The van der Waals surface area contributed by atoms with E-state index in [0.717, 1.165) is 78.8 Å². The van der Waals surface area contributed by atoms with Gasteiger partial charge in [0.15, 0.2) is 0 Å². The highest BCUT2D eigenvalue weighted by molar-refractivity contribution is 5.71. The molecule has 0 aromatic heterocycles. The van der Waals surface area contributed by atoms with E-state index >= 15 is 0 Å². The molecule has 6 nitrogen and oxygen atoms in total. The van der Waals surface area contributed by atoms with E-state index in [1.807, 2.05) is 18.2 Å². The number of nitrogens with zero attached hydrogens (tertiary/aromatic N) is 1. The third kappa shape index (κ3) is 10.6. The van der Waals surface area contributed by atoms with Gasteiger partial charge in [-0.2, -0.15) is 0 Å². The van der Waals surface area contributed by atoms with E-state index in [0.29, 0.717) is 24.6 Å². The molecule has 6 heteroatoms.